The van der Waals surface area contributed by atoms with Crippen molar-refractivity contribution >= 4 is 5.57 Å². The van der Waals surface area contributed by atoms with Crippen molar-refractivity contribution in [3.05, 3.63) is 71.3 Å². The molecule has 0 spiro atoms. The zero-order valence-electron chi connectivity index (χ0n) is 18.0. The fraction of sp³-hybridized carbons (Fsp3) is 0.429. The molecule has 1 aliphatic carbocycles. The number of ether oxygens (including phenoxy) is 1. The largest absolute Gasteiger partial charge is 0.494 e. The average molecular weight is 387 g/mol. The molecule has 1 heteroatoms. The third kappa shape index (κ3) is 6.82. The Bertz CT molecular complexity index is 831. The smallest absolute Gasteiger partial charge is 0.119 e. The molecule has 2 aromatic carbocycles. The summed E-state index contributed by atoms with van der Waals surface area (Å²) in [7, 11) is 0. The fourth-order valence-corrected chi connectivity index (χ4v) is 3.91. The molecule has 0 amide bonds. The summed E-state index contributed by atoms with van der Waals surface area (Å²) < 4.78 is 5.76. The number of unbranched alkanes of at least 4 members (excludes halogenated alkanes) is 2. The van der Waals surface area contributed by atoms with E-state index < -0.39 is 0 Å². The third-order valence-electron chi connectivity index (χ3n) is 5.69. The molecule has 152 valence electrons. The first-order valence-corrected chi connectivity index (χ1v) is 11.3. The maximum absolute atomic E-state index is 5.76. The van der Waals surface area contributed by atoms with Crippen LogP contribution in [-0.4, -0.2) is 6.61 Å². The molecule has 0 radical (unpaired) electrons. The van der Waals surface area contributed by atoms with Gasteiger partial charge in [-0.1, -0.05) is 69.6 Å². The lowest BCUT2D eigenvalue weighted by Crippen LogP contribution is -2.04. The predicted molar refractivity (Wildman–Crippen MR) is 124 cm³/mol. The van der Waals surface area contributed by atoms with Crippen LogP contribution in [-0.2, 0) is 0 Å². The van der Waals surface area contributed by atoms with Crippen molar-refractivity contribution < 1.29 is 4.74 Å². The van der Waals surface area contributed by atoms with Crippen LogP contribution in [0.2, 0.25) is 0 Å². The molecule has 0 heterocycles. The number of allylic oxidation sites excluding steroid dienone is 2. The molecule has 0 saturated heterocycles. The summed E-state index contributed by atoms with van der Waals surface area (Å²) in [5.74, 6) is 8.37. The second kappa shape index (κ2) is 11.5. The van der Waals surface area contributed by atoms with Crippen LogP contribution < -0.4 is 4.74 Å². The van der Waals surface area contributed by atoms with E-state index in [1.807, 2.05) is 24.3 Å². The standard InChI is InChI=1S/C28H34O/c1-3-5-6-22-29-28-20-14-25(15-21-28)9-8-24-12-18-27(19-13-24)26-16-10-23(7-4-2)11-17-26/h12-16,18-21,23H,3-7,10-11,17,22H2,1-2H3. The minimum Gasteiger partial charge on any atom is -0.494 e. The maximum Gasteiger partial charge on any atom is 0.119 e. The first-order valence-electron chi connectivity index (χ1n) is 11.3. The van der Waals surface area contributed by atoms with Crippen LogP contribution in [0.3, 0.4) is 0 Å². The van der Waals surface area contributed by atoms with Crippen LogP contribution in [0, 0.1) is 17.8 Å². The molecule has 1 atom stereocenters. The lowest BCUT2D eigenvalue weighted by atomic mass is 9.84. The Morgan fingerprint density at radius 1 is 0.862 bits per heavy atom. The number of benzene rings is 2. The second-order valence-electron chi connectivity index (χ2n) is 8.07. The van der Waals surface area contributed by atoms with Gasteiger partial charge in [0.1, 0.15) is 5.75 Å². The van der Waals surface area contributed by atoms with E-state index in [-0.39, 0.29) is 0 Å². The van der Waals surface area contributed by atoms with E-state index in [0.29, 0.717) is 0 Å². The van der Waals surface area contributed by atoms with Crippen LogP contribution in [0.4, 0.5) is 0 Å². The Morgan fingerprint density at radius 2 is 1.55 bits per heavy atom. The topological polar surface area (TPSA) is 9.23 Å². The first-order chi connectivity index (χ1) is 14.3. The van der Waals surface area contributed by atoms with Crippen LogP contribution >= 0.6 is 0 Å². The Morgan fingerprint density at radius 3 is 2.14 bits per heavy atom. The van der Waals surface area contributed by atoms with Crippen molar-refractivity contribution in [2.45, 2.75) is 65.2 Å². The summed E-state index contributed by atoms with van der Waals surface area (Å²) >= 11 is 0. The molecule has 0 bridgehead atoms. The summed E-state index contributed by atoms with van der Waals surface area (Å²) in [4.78, 5) is 0. The van der Waals surface area contributed by atoms with Crippen molar-refractivity contribution in [3.63, 3.8) is 0 Å². The summed E-state index contributed by atoms with van der Waals surface area (Å²) in [6.45, 7) is 5.29. The van der Waals surface area contributed by atoms with Crippen molar-refractivity contribution in [1.29, 1.82) is 0 Å². The average Bonchev–Trinajstić information content (AvgIpc) is 2.77. The SMILES string of the molecule is CCCCCOc1ccc(C#Cc2ccc(C3=CCC(CCC)CC3)cc2)cc1. The van der Waals surface area contributed by atoms with Gasteiger partial charge in [-0.3, -0.25) is 0 Å². The highest BCUT2D eigenvalue weighted by molar-refractivity contribution is 5.67. The number of hydrogen-bond acceptors (Lipinski definition) is 1. The molecule has 0 aliphatic heterocycles. The lowest BCUT2D eigenvalue weighted by Gasteiger charge is -2.21. The van der Waals surface area contributed by atoms with Crippen LogP contribution in [0.25, 0.3) is 5.57 Å². The van der Waals surface area contributed by atoms with Gasteiger partial charge in [0.15, 0.2) is 0 Å². The minimum atomic E-state index is 0.793. The molecule has 29 heavy (non-hydrogen) atoms. The Hall–Kier alpha value is -2.46. The van der Waals surface area contributed by atoms with Gasteiger partial charge >= 0.3 is 0 Å². The number of hydrogen-bond donors (Lipinski definition) is 0. The highest BCUT2D eigenvalue weighted by Crippen LogP contribution is 2.32. The molecule has 1 nitrogen and oxygen atoms in total. The van der Waals surface area contributed by atoms with E-state index in [1.165, 1.54) is 56.1 Å². The van der Waals surface area contributed by atoms with E-state index in [4.69, 9.17) is 4.74 Å². The van der Waals surface area contributed by atoms with Gasteiger partial charge in [-0.05, 0) is 79.1 Å². The summed E-state index contributed by atoms with van der Waals surface area (Å²) in [5.41, 5.74) is 4.95. The van der Waals surface area contributed by atoms with Gasteiger partial charge in [0.2, 0.25) is 0 Å². The normalized spacial score (nSPS) is 15.9. The third-order valence-corrected chi connectivity index (χ3v) is 5.69. The van der Waals surface area contributed by atoms with Gasteiger partial charge in [-0.25, -0.2) is 0 Å². The first kappa shape index (κ1) is 21.3. The van der Waals surface area contributed by atoms with Crippen molar-refractivity contribution in [2.75, 3.05) is 6.61 Å². The van der Waals surface area contributed by atoms with E-state index in [1.54, 1.807) is 0 Å². The Balaban J connectivity index is 1.55. The molecule has 0 fully saturated rings. The Labute approximate surface area is 177 Å². The monoisotopic (exact) mass is 386 g/mol. The van der Waals surface area contributed by atoms with Gasteiger partial charge in [-0.15, -0.1) is 0 Å². The van der Waals surface area contributed by atoms with E-state index >= 15 is 0 Å². The van der Waals surface area contributed by atoms with Gasteiger partial charge in [-0.2, -0.15) is 0 Å². The highest BCUT2D eigenvalue weighted by atomic mass is 16.5. The molecule has 2 aromatic rings. The second-order valence-corrected chi connectivity index (χ2v) is 8.07. The van der Waals surface area contributed by atoms with Crippen molar-refractivity contribution in [2.24, 2.45) is 5.92 Å². The minimum absolute atomic E-state index is 0.793. The highest BCUT2D eigenvalue weighted by Gasteiger charge is 2.14. The summed E-state index contributed by atoms with van der Waals surface area (Å²) in [5, 5.41) is 0. The van der Waals surface area contributed by atoms with Crippen LogP contribution in [0.5, 0.6) is 5.75 Å². The molecular formula is C28H34O. The van der Waals surface area contributed by atoms with Gasteiger partial charge in [0.05, 0.1) is 6.61 Å². The Kier molecular flexibility index (Phi) is 8.44. The zero-order chi connectivity index (χ0) is 20.3. The van der Waals surface area contributed by atoms with Crippen molar-refractivity contribution in [1.82, 2.24) is 0 Å². The quantitative estimate of drug-likeness (QED) is 0.334. The fourth-order valence-electron chi connectivity index (χ4n) is 3.91. The van der Waals surface area contributed by atoms with Crippen LogP contribution in [0.15, 0.2) is 54.6 Å². The van der Waals surface area contributed by atoms with Gasteiger partial charge in [0.25, 0.3) is 0 Å². The van der Waals surface area contributed by atoms with E-state index in [9.17, 15) is 0 Å². The number of rotatable bonds is 8. The van der Waals surface area contributed by atoms with Gasteiger partial charge < -0.3 is 4.74 Å². The van der Waals surface area contributed by atoms with E-state index in [0.717, 1.165) is 35.8 Å². The molecule has 0 saturated carbocycles. The van der Waals surface area contributed by atoms with E-state index in [2.05, 4.69) is 56.0 Å². The zero-order valence-corrected chi connectivity index (χ0v) is 18.0. The molecule has 1 aliphatic rings. The summed E-state index contributed by atoms with van der Waals surface area (Å²) in [6, 6.07) is 16.8. The summed E-state index contributed by atoms with van der Waals surface area (Å²) in [6.07, 6.45) is 12.5. The maximum atomic E-state index is 5.76. The molecular weight excluding hydrogens is 352 g/mol. The van der Waals surface area contributed by atoms with Gasteiger partial charge in [0, 0.05) is 11.1 Å². The predicted octanol–water partition coefficient (Wildman–Crippen LogP) is 7.64. The molecule has 0 aromatic heterocycles. The molecule has 1 unspecified atom stereocenters. The molecule has 0 N–H and O–H groups in total. The molecule has 3 rings (SSSR count). The van der Waals surface area contributed by atoms with Crippen LogP contribution in [0.1, 0.15) is 81.9 Å². The van der Waals surface area contributed by atoms with Crippen molar-refractivity contribution in [3.8, 4) is 17.6 Å². The lowest BCUT2D eigenvalue weighted by molar-refractivity contribution is 0.306.